The van der Waals surface area contributed by atoms with Crippen LogP contribution in [-0.2, 0) is 15.3 Å². The van der Waals surface area contributed by atoms with Gasteiger partial charge in [0.15, 0.2) is 5.41 Å². The third-order valence-corrected chi connectivity index (χ3v) is 5.95. The molecule has 2 aliphatic heterocycles. The Labute approximate surface area is 162 Å². The molecule has 0 aromatic heterocycles. The first-order chi connectivity index (χ1) is 13.5. The Kier molecular flexibility index (Phi) is 3.75. The van der Waals surface area contributed by atoms with Gasteiger partial charge < -0.3 is 9.47 Å². The topological polar surface area (TPSA) is 114 Å². The van der Waals surface area contributed by atoms with E-state index in [1.807, 2.05) is 36.4 Å². The molecule has 2 aromatic carbocycles. The summed E-state index contributed by atoms with van der Waals surface area (Å²) < 4.78 is 12.3. The molecule has 4 atom stereocenters. The second-order valence-electron chi connectivity index (χ2n) is 7.05. The molecule has 1 N–H and O–H groups in total. The molecular weight excluding hydrogens is 352 g/mol. The Balaban J connectivity index is 2.05. The molecule has 2 aliphatic rings. The highest BCUT2D eigenvalue weighted by atomic mass is 16.7. The van der Waals surface area contributed by atoms with Crippen molar-refractivity contribution in [3.63, 3.8) is 0 Å². The fraction of sp³-hybridized carbons (Fsp3) is 0.273. The predicted octanol–water partition coefficient (Wildman–Crippen LogP) is 3.80. The van der Waals surface area contributed by atoms with Crippen LogP contribution < -0.4 is 0 Å². The molecule has 6 nitrogen and oxygen atoms in total. The van der Waals surface area contributed by atoms with E-state index in [0.717, 1.165) is 0 Å². The zero-order valence-corrected chi connectivity index (χ0v) is 15.1. The maximum absolute atomic E-state index is 10.2. The smallest absolute Gasteiger partial charge is 0.244 e. The minimum Gasteiger partial charge on any atom is -0.443 e. The number of ether oxygens (including phenoxy) is 2. The third-order valence-electron chi connectivity index (χ3n) is 5.95. The van der Waals surface area contributed by atoms with Gasteiger partial charge in [-0.25, -0.2) is 0 Å². The van der Waals surface area contributed by atoms with Crippen molar-refractivity contribution in [1.82, 2.24) is 0 Å². The normalized spacial score (nSPS) is 32.4. The van der Waals surface area contributed by atoms with Crippen LogP contribution in [0.4, 0.5) is 0 Å². The molecule has 2 heterocycles. The van der Waals surface area contributed by atoms with Gasteiger partial charge in [0, 0.05) is 5.56 Å². The lowest BCUT2D eigenvalue weighted by Crippen LogP contribution is -2.57. The van der Waals surface area contributed by atoms with Crippen molar-refractivity contribution in [2.24, 2.45) is 16.7 Å². The summed E-state index contributed by atoms with van der Waals surface area (Å²) in [5, 5.41) is 39.0. The van der Waals surface area contributed by atoms with E-state index in [9.17, 15) is 15.8 Å². The van der Waals surface area contributed by atoms with Gasteiger partial charge in [0.1, 0.15) is 6.10 Å². The number of nitrogens with one attached hydrogen (secondary N) is 1. The van der Waals surface area contributed by atoms with Crippen LogP contribution in [0, 0.1) is 56.2 Å². The summed E-state index contributed by atoms with van der Waals surface area (Å²) in [6.45, 7) is 1.70. The van der Waals surface area contributed by atoms with E-state index < -0.39 is 34.5 Å². The van der Waals surface area contributed by atoms with Crippen molar-refractivity contribution in [3.05, 3.63) is 71.8 Å². The molecule has 0 saturated carbocycles. The molecule has 4 unspecified atom stereocenters. The quantitative estimate of drug-likeness (QED) is 0.866. The van der Waals surface area contributed by atoms with E-state index in [4.69, 9.17) is 14.9 Å². The van der Waals surface area contributed by atoms with E-state index >= 15 is 0 Å². The Morgan fingerprint density at radius 1 is 0.893 bits per heavy atom. The fourth-order valence-electron chi connectivity index (χ4n) is 4.47. The molecule has 136 valence electrons. The van der Waals surface area contributed by atoms with Crippen LogP contribution in [0.15, 0.2) is 60.7 Å². The van der Waals surface area contributed by atoms with Crippen LogP contribution in [0.3, 0.4) is 0 Å². The van der Waals surface area contributed by atoms with E-state index in [2.05, 4.69) is 6.07 Å². The van der Waals surface area contributed by atoms with Crippen LogP contribution in [0.2, 0.25) is 0 Å². The minimum atomic E-state index is -1.94. The lowest BCUT2D eigenvalue weighted by atomic mass is 9.53. The van der Waals surface area contributed by atoms with E-state index in [-0.39, 0.29) is 0 Å². The number of rotatable bonds is 2. The molecule has 0 aliphatic carbocycles. The van der Waals surface area contributed by atoms with Gasteiger partial charge in [-0.05, 0) is 5.56 Å². The van der Waals surface area contributed by atoms with Crippen molar-refractivity contribution in [1.29, 1.82) is 21.2 Å². The first-order valence-electron chi connectivity index (χ1n) is 8.82. The zero-order chi connectivity index (χ0) is 20.0. The summed E-state index contributed by atoms with van der Waals surface area (Å²) in [4.78, 5) is 0. The average molecular weight is 368 g/mol. The zero-order valence-electron chi connectivity index (χ0n) is 15.1. The van der Waals surface area contributed by atoms with Gasteiger partial charge in [0.25, 0.3) is 0 Å². The summed E-state index contributed by atoms with van der Waals surface area (Å²) >= 11 is 0. The summed E-state index contributed by atoms with van der Waals surface area (Å²) in [5.41, 5.74) is -2.50. The second-order valence-corrected chi connectivity index (χ2v) is 7.05. The standard InChI is InChI=1S/C22H16N4O2/c1-15-21(14-25)19(26)28-22(15,17-10-6-3-7-11-17)27-18(20(21,12-23)13-24)16-8-4-2-5-9-16/h2-11,15,18,26H,1H3. The minimum absolute atomic E-state index is 0.409. The summed E-state index contributed by atoms with van der Waals surface area (Å²) in [5.74, 6) is -2.60. The molecule has 0 amide bonds. The Morgan fingerprint density at radius 2 is 1.46 bits per heavy atom. The molecule has 0 spiro atoms. The van der Waals surface area contributed by atoms with Crippen molar-refractivity contribution >= 4 is 5.90 Å². The predicted molar refractivity (Wildman–Crippen MR) is 98.1 cm³/mol. The van der Waals surface area contributed by atoms with Crippen molar-refractivity contribution < 1.29 is 9.47 Å². The maximum atomic E-state index is 10.2. The molecule has 2 bridgehead atoms. The van der Waals surface area contributed by atoms with Gasteiger partial charge in [-0.3, -0.25) is 5.41 Å². The lowest BCUT2D eigenvalue weighted by Gasteiger charge is -2.48. The number of nitrogens with zero attached hydrogens (tertiary/aromatic N) is 3. The monoisotopic (exact) mass is 368 g/mol. The van der Waals surface area contributed by atoms with Gasteiger partial charge in [-0.2, -0.15) is 15.8 Å². The second kappa shape index (κ2) is 5.92. The van der Waals surface area contributed by atoms with E-state index in [0.29, 0.717) is 11.1 Å². The molecule has 0 radical (unpaired) electrons. The van der Waals surface area contributed by atoms with Crippen molar-refractivity contribution in [2.75, 3.05) is 0 Å². The first-order valence-corrected chi connectivity index (χ1v) is 8.82. The number of benzene rings is 2. The van der Waals surface area contributed by atoms with Crippen molar-refractivity contribution in [2.45, 2.75) is 18.8 Å². The molecule has 6 heteroatoms. The highest BCUT2D eigenvalue weighted by Crippen LogP contribution is 2.68. The molecule has 2 aromatic rings. The first kappa shape index (κ1) is 17.7. The van der Waals surface area contributed by atoms with Crippen LogP contribution in [0.5, 0.6) is 0 Å². The fourth-order valence-corrected chi connectivity index (χ4v) is 4.47. The summed E-state index contributed by atoms with van der Waals surface area (Å²) in [7, 11) is 0. The van der Waals surface area contributed by atoms with E-state index in [1.165, 1.54) is 0 Å². The van der Waals surface area contributed by atoms with Crippen molar-refractivity contribution in [3.8, 4) is 18.2 Å². The van der Waals surface area contributed by atoms with E-state index in [1.54, 1.807) is 43.3 Å². The Hall–Kier alpha value is -3.66. The van der Waals surface area contributed by atoms with Gasteiger partial charge in [0.05, 0.1) is 24.1 Å². The van der Waals surface area contributed by atoms with Gasteiger partial charge >= 0.3 is 0 Å². The highest BCUT2D eigenvalue weighted by Gasteiger charge is 2.79. The molecular formula is C22H16N4O2. The van der Waals surface area contributed by atoms with Crippen LogP contribution >= 0.6 is 0 Å². The SMILES string of the molecule is CC1C2(c3ccccc3)OC(=N)C1(C#N)C(C#N)(C#N)C(c1ccccc1)O2. The lowest BCUT2D eigenvalue weighted by molar-refractivity contribution is -0.288. The third kappa shape index (κ3) is 1.84. The van der Waals surface area contributed by atoms with Gasteiger partial charge in [0.2, 0.25) is 17.1 Å². The number of nitriles is 3. The number of fused-ring (bicyclic) bond motifs is 2. The maximum Gasteiger partial charge on any atom is 0.244 e. The Bertz CT molecular complexity index is 1050. The summed E-state index contributed by atoms with van der Waals surface area (Å²) in [6.07, 6.45) is -1.07. The van der Waals surface area contributed by atoms with Crippen LogP contribution in [0.1, 0.15) is 24.2 Å². The van der Waals surface area contributed by atoms with Crippen LogP contribution in [0.25, 0.3) is 0 Å². The molecule has 4 rings (SSSR count). The average Bonchev–Trinajstić information content (AvgIpc) is 2.91. The molecule has 2 saturated heterocycles. The summed E-state index contributed by atoms with van der Waals surface area (Å²) in [6, 6.07) is 24.1. The van der Waals surface area contributed by atoms with Gasteiger partial charge in [-0.1, -0.05) is 67.6 Å². The number of hydrogen-bond donors (Lipinski definition) is 1. The van der Waals surface area contributed by atoms with Crippen LogP contribution in [-0.4, -0.2) is 5.90 Å². The molecule has 2 fully saturated rings. The van der Waals surface area contributed by atoms with Gasteiger partial charge in [-0.15, -0.1) is 0 Å². The molecule has 28 heavy (non-hydrogen) atoms. The Morgan fingerprint density at radius 3 is 2.00 bits per heavy atom. The number of hydrogen-bond acceptors (Lipinski definition) is 6. The highest BCUT2D eigenvalue weighted by molar-refractivity contribution is 5.89. The largest absolute Gasteiger partial charge is 0.443 e.